The smallest absolute Gasteiger partial charge is 0.433 e. The Morgan fingerprint density at radius 1 is 1.18 bits per heavy atom. The van der Waals surface area contributed by atoms with Crippen molar-refractivity contribution in [3.05, 3.63) is 63.7 Å². The second-order valence-electron chi connectivity index (χ2n) is 10.3. The Bertz CT molecular complexity index is 1520. The standard InChI is InChI=1S/C28H27F3N4O2S2/c1-15-13-38-14-21(15)18-9-19(11-20(10-18)34-26-32-7-5-23(35-26)28(29,30)31)22-12-33-24(39-22)17-4-6-27(3,25(36)37)16(2)8-17/h5,7,9-14,16-17H,4,6,8H2,1-3H3,(H,36,37)(H,32,34,35). The molecular weight excluding hydrogens is 545 g/mol. The summed E-state index contributed by atoms with van der Waals surface area (Å²) in [6.45, 7) is 5.83. The first-order valence-corrected chi connectivity index (χ1v) is 14.2. The van der Waals surface area contributed by atoms with E-state index in [4.69, 9.17) is 4.98 Å². The molecule has 0 bridgehead atoms. The largest absolute Gasteiger partial charge is 0.481 e. The summed E-state index contributed by atoms with van der Waals surface area (Å²) in [5.74, 6) is -0.685. The van der Waals surface area contributed by atoms with Crippen LogP contribution in [0.15, 0.2) is 47.4 Å². The number of carboxylic acid groups (broad SMARTS) is 1. The third kappa shape index (κ3) is 5.56. The first-order chi connectivity index (χ1) is 18.4. The van der Waals surface area contributed by atoms with Crippen LogP contribution in [0.3, 0.4) is 0 Å². The van der Waals surface area contributed by atoms with Gasteiger partial charge in [0.1, 0.15) is 5.69 Å². The molecule has 0 spiro atoms. The molecule has 3 aromatic heterocycles. The fourth-order valence-electron chi connectivity index (χ4n) is 5.04. The zero-order valence-corrected chi connectivity index (χ0v) is 23.2. The molecule has 0 radical (unpaired) electrons. The summed E-state index contributed by atoms with van der Waals surface area (Å²) >= 11 is 3.15. The Balaban J connectivity index is 1.47. The Hall–Kier alpha value is -3.31. The summed E-state index contributed by atoms with van der Waals surface area (Å²) in [7, 11) is 0. The van der Waals surface area contributed by atoms with Gasteiger partial charge < -0.3 is 10.4 Å². The predicted octanol–water partition coefficient (Wildman–Crippen LogP) is 8.39. The van der Waals surface area contributed by atoms with Gasteiger partial charge in [-0.1, -0.05) is 6.92 Å². The summed E-state index contributed by atoms with van der Waals surface area (Å²) in [4.78, 5) is 25.1. The molecule has 3 heterocycles. The van der Waals surface area contributed by atoms with E-state index >= 15 is 0 Å². The SMILES string of the molecule is Cc1cscc1-c1cc(Nc2nccc(C(F)(F)F)n2)cc(-c2cnc(C3CCC(C)(C(=O)O)C(C)C3)s2)c1. The van der Waals surface area contributed by atoms with Crippen LogP contribution in [0, 0.1) is 18.3 Å². The Labute approximate surface area is 232 Å². The Morgan fingerprint density at radius 3 is 2.62 bits per heavy atom. The highest BCUT2D eigenvalue weighted by Gasteiger charge is 2.44. The maximum Gasteiger partial charge on any atom is 0.433 e. The lowest BCUT2D eigenvalue weighted by atomic mass is 9.65. The molecule has 0 amide bonds. The van der Waals surface area contributed by atoms with E-state index in [9.17, 15) is 23.1 Å². The summed E-state index contributed by atoms with van der Waals surface area (Å²) < 4.78 is 39.6. The summed E-state index contributed by atoms with van der Waals surface area (Å²) in [6.07, 6.45) is 0.442. The van der Waals surface area contributed by atoms with Crippen molar-refractivity contribution in [3.8, 4) is 21.6 Å². The molecule has 5 rings (SSSR count). The number of carboxylic acids is 1. The fourth-order valence-corrected chi connectivity index (χ4v) is 6.95. The second-order valence-corrected chi connectivity index (χ2v) is 12.1. The minimum atomic E-state index is -4.57. The van der Waals surface area contributed by atoms with Crippen LogP contribution in [-0.4, -0.2) is 26.0 Å². The molecule has 1 saturated carbocycles. The molecule has 1 fully saturated rings. The Kier molecular flexibility index (Phi) is 7.23. The van der Waals surface area contributed by atoms with E-state index in [-0.39, 0.29) is 17.8 Å². The van der Waals surface area contributed by atoms with Gasteiger partial charge in [0.25, 0.3) is 0 Å². The highest BCUT2D eigenvalue weighted by Crippen LogP contribution is 2.48. The minimum Gasteiger partial charge on any atom is -0.481 e. The lowest BCUT2D eigenvalue weighted by Crippen LogP contribution is -2.38. The molecule has 2 N–H and O–H groups in total. The highest BCUT2D eigenvalue weighted by molar-refractivity contribution is 7.15. The van der Waals surface area contributed by atoms with Crippen molar-refractivity contribution >= 4 is 40.3 Å². The van der Waals surface area contributed by atoms with Gasteiger partial charge in [0.05, 0.1) is 15.3 Å². The van der Waals surface area contributed by atoms with Gasteiger partial charge in [-0.15, -0.1) is 11.3 Å². The quantitative estimate of drug-likeness (QED) is 0.241. The molecule has 1 aromatic carbocycles. The number of thiophene rings is 1. The number of nitrogens with zero attached hydrogens (tertiary/aromatic N) is 3. The van der Waals surface area contributed by atoms with Gasteiger partial charge in [-0.05, 0) is 96.3 Å². The number of carbonyl (C=O) groups is 1. The van der Waals surface area contributed by atoms with Crippen molar-refractivity contribution in [2.45, 2.75) is 52.1 Å². The molecule has 204 valence electrons. The lowest BCUT2D eigenvalue weighted by Gasteiger charge is -2.39. The molecule has 0 aliphatic heterocycles. The molecular formula is C28H27F3N4O2S2. The number of benzene rings is 1. The van der Waals surface area contributed by atoms with Crippen LogP contribution in [-0.2, 0) is 11.0 Å². The van der Waals surface area contributed by atoms with Crippen LogP contribution < -0.4 is 5.32 Å². The predicted molar refractivity (Wildman–Crippen MR) is 147 cm³/mol. The van der Waals surface area contributed by atoms with Crippen LogP contribution in [0.1, 0.15) is 55.3 Å². The number of thiazole rings is 1. The molecule has 39 heavy (non-hydrogen) atoms. The number of halogens is 3. The van der Waals surface area contributed by atoms with Crippen LogP contribution in [0.2, 0.25) is 0 Å². The van der Waals surface area contributed by atoms with Gasteiger partial charge in [0, 0.05) is 24.0 Å². The highest BCUT2D eigenvalue weighted by atomic mass is 32.1. The van der Waals surface area contributed by atoms with Crippen molar-refractivity contribution in [2.75, 3.05) is 5.32 Å². The summed E-state index contributed by atoms with van der Waals surface area (Å²) in [5, 5.41) is 17.7. The average Bonchev–Trinajstić information content (AvgIpc) is 3.55. The van der Waals surface area contributed by atoms with Crippen LogP contribution in [0.25, 0.3) is 21.6 Å². The molecule has 1 aliphatic carbocycles. The van der Waals surface area contributed by atoms with Crippen molar-refractivity contribution < 1.29 is 23.1 Å². The number of rotatable bonds is 6. The van der Waals surface area contributed by atoms with Gasteiger partial charge in [-0.3, -0.25) is 4.79 Å². The maximum absolute atomic E-state index is 13.2. The van der Waals surface area contributed by atoms with Crippen molar-refractivity contribution in [2.24, 2.45) is 11.3 Å². The number of hydrogen-bond donors (Lipinski definition) is 2. The van der Waals surface area contributed by atoms with Crippen LogP contribution in [0.5, 0.6) is 0 Å². The van der Waals surface area contributed by atoms with Crippen molar-refractivity contribution in [1.29, 1.82) is 0 Å². The molecule has 11 heteroatoms. The number of alkyl halides is 3. The third-order valence-corrected chi connectivity index (χ3v) is 9.76. The topological polar surface area (TPSA) is 88.0 Å². The van der Waals surface area contributed by atoms with E-state index < -0.39 is 23.3 Å². The number of aromatic nitrogens is 3. The number of anilines is 2. The van der Waals surface area contributed by atoms with Gasteiger partial charge in [-0.25, -0.2) is 15.0 Å². The minimum absolute atomic E-state index is 0.0225. The third-order valence-electron chi connectivity index (χ3n) is 7.69. The average molecular weight is 573 g/mol. The number of nitrogens with one attached hydrogen (secondary N) is 1. The number of aryl methyl sites for hydroxylation is 1. The normalized spacial score (nSPS) is 21.6. The summed E-state index contributed by atoms with van der Waals surface area (Å²) in [5.41, 5.74) is 2.74. The molecule has 4 aromatic rings. The maximum atomic E-state index is 13.2. The number of aliphatic carboxylic acids is 1. The number of hydrogen-bond acceptors (Lipinski definition) is 7. The van der Waals surface area contributed by atoms with Gasteiger partial charge >= 0.3 is 12.1 Å². The van der Waals surface area contributed by atoms with E-state index in [1.54, 1.807) is 22.7 Å². The van der Waals surface area contributed by atoms with E-state index in [1.807, 2.05) is 49.9 Å². The first kappa shape index (κ1) is 27.3. The lowest BCUT2D eigenvalue weighted by molar-refractivity contribution is -0.153. The zero-order valence-electron chi connectivity index (χ0n) is 21.5. The van der Waals surface area contributed by atoms with E-state index in [0.717, 1.165) is 57.2 Å². The molecule has 0 saturated heterocycles. The van der Waals surface area contributed by atoms with Gasteiger partial charge in [0.2, 0.25) is 5.95 Å². The molecule has 1 aliphatic rings. The van der Waals surface area contributed by atoms with Crippen LogP contribution >= 0.6 is 22.7 Å². The van der Waals surface area contributed by atoms with E-state index in [1.165, 1.54) is 0 Å². The van der Waals surface area contributed by atoms with Crippen LogP contribution in [0.4, 0.5) is 24.8 Å². The van der Waals surface area contributed by atoms with E-state index in [0.29, 0.717) is 12.1 Å². The molecule has 6 nitrogen and oxygen atoms in total. The first-order valence-electron chi connectivity index (χ1n) is 12.5. The van der Waals surface area contributed by atoms with E-state index in [2.05, 4.69) is 21.4 Å². The monoisotopic (exact) mass is 572 g/mol. The Morgan fingerprint density at radius 2 is 1.95 bits per heavy atom. The molecule has 3 unspecified atom stereocenters. The van der Waals surface area contributed by atoms with Crippen molar-refractivity contribution in [3.63, 3.8) is 0 Å². The van der Waals surface area contributed by atoms with Gasteiger partial charge in [0.15, 0.2) is 0 Å². The second kappa shape index (κ2) is 10.3. The van der Waals surface area contributed by atoms with Crippen molar-refractivity contribution in [1.82, 2.24) is 15.0 Å². The zero-order chi connectivity index (χ0) is 27.9. The summed E-state index contributed by atoms with van der Waals surface area (Å²) in [6, 6.07) is 6.62. The fraction of sp³-hybridized carbons (Fsp3) is 0.357. The van der Waals surface area contributed by atoms with Gasteiger partial charge in [-0.2, -0.15) is 24.5 Å². The molecule has 3 atom stereocenters.